The highest BCUT2D eigenvalue weighted by molar-refractivity contribution is 7.90. The van der Waals surface area contributed by atoms with Gasteiger partial charge in [0.05, 0.1) is 9.81 Å². The Morgan fingerprint density at radius 3 is 1.27 bits per heavy atom. The minimum atomic E-state index is -4.30. The van der Waals surface area contributed by atoms with Gasteiger partial charge in [-0.15, -0.1) is 0 Å². The van der Waals surface area contributed by atoms with Gasteiger partial charge in [-0.1, -0.05) is 170 Å². The highest BCUT2D eigenvalue weighted by Crippen LogP contribution is 2.44. The van der Waals surface area contributed by atoms with E-state index in [1.165, 1.54) is 0 Å². The van der Waals surface area contributed by atoms with Gasteiger partial charge in [-0.25, -0.2) is 0 Å². The summed E-state index contributed by atoms with van der Waals surface area (Å²) in [4.78, 5) is 0.0751. The molecule has 0 saturated carbocycles. The first kappa shape index (κ1) is 37.4. The molecule has 0 radical (unpaired) electrons. The fraction of sp³-hybridized carbons (Fsp3) is 0.0638. The van der Waals surface area contributed by atoms with Gasteiger partial charge in [0.15, 0.2) is 0 Å². The van der Waals surface area contributed by atoms with E-state index in [1.807, 2.05) is 170 Å². The van der Waals surface area contributed by atoms with Gasteiger partial charge in [0.25, 0.3) is 20.2 Å². The van der Waals surface area contributed by atoms with Crippen LogP contribution in [0.4, 0.5) is 0 Å². The molecule has 0 bridgehead atoms. The lowest BCUT2D eigenvalue weighted by molar-refractivity contribution is 0.487. The molecule has 0 spiro atoms. The molecule has 55 heavy (non-hydrogen) atoms. The topological polar surface area (TPSA) is 109 Å². The van der Waals surface area contributed by atoms with Gasteiger partial charge >= 0.3 is 0 Å². The lowest BCUT2D eigenvalue weighted by Gasteiger charge is -2.26. The van der Waals surface area contributed by atoms with Crippen LogP contribution in [0.3, 0.4) is 0 Å². The molecule has 6 nitrogen and oxygen atoms in total. The molecule has 2 aliphatic carbocycles. The maximum Gasteiger partial charge on any atom is 0.291 e. The van der Waals surface area contributed by atoms with Crippen LogP contribution in [0.1, 0.15) is 51.4 Å². The van der Waals surface area contributed by atoms with Gasteiger partial charge in [-0.05, 0) is 85.4 Å². The Labute approximate surface area is 322 Å². The largest absolute Gasteiger partial charge is 0.291 e. The number of benzene rings is 6. The van der Waals surface area contributed by atoms with Crippen LogP contribution in [0, 0.1) is 0 Å². The first-order valence-corrected chi connectivity index (χ1v) is 20.6. The molecule has 274 valence electrons. The average Bonchev–Trinajstić information content (AvgIpc) is 3.20. The predicted molar refractivity (Wildman–Crippen MR) is 222 cm³/mol. The van der Waals surface area contributed by atoms with Crippen molar-refractivity contribution in [2.45, 2.75) is 19.8 Å². The van der Waals surface area contributed by atoms with Gasteiger partial charge < -0.3 is 0 Å². The molecule has 2 N–H and O–H groups in total. The first-order valence-electron chi connectivity index (χ1n) is 17.7. The number of hydrogen-bond acceptors (Lipinski definition) is 4. The lowest BCUT2D eigenvalue weighted by Crippen LogP contribution is -2.15. The summed E-state index contributed by atoms with van der Waals surface area (Å²) in [5, 5.41) is 0. The van der Waals surface area contributed by atoms with Crippen LogP contribution in [0.25, 0.3) is 22.3 Å². The highest BCUT2D eigenvalue weighted by Gasteiger charge is 2.30. The summed E-state index contributed by atoms with van der Waals surface area (Å²) in [7, 11) is -8.58. The Hall–Kier alpha value is -5.90. The zero-order valence-electron chi connectivity index (χ0n) is 30.0. The zero-order valence-corrected chi connectivity index (χ0v) is 31.6. The summed E-state index contributed by atoms with van der Waals surface area (Å²) >= 11 is 0. The molecule has 0 atom stereocenters. The highest BCUT2D eigenvalue weighted by atomic mass is 32.2. The standard InChI is InChI=1S/C24H20O3S.C23H18O3S/c1-17-22(28(25,26)27)16-20-14-8-9-15-21(20)23(17)24(18-10-4-2-5-11-18)19-12-6-3-7-13-19;24-27(25,26)20-15-19-13-7-8-14-21(19)22(16-20)23(17-9-3-1-4-10-17)18-11-5-2-6-12-18/h2-15H,16H2,1H3,(H,25,26,27);1-14,16H,15H2,(H,24,25,26). The van der Waals surface area contributed by atoms with E-state index in [-0.39, 0.29) is 22.7 Å². The second-order valence-electron chi connectivity index (χ2n) is 13.3. The minimum Gasteiger partial charge on any atom is -0.282 e. The summed E-state index contributed by atoms with van der Waals surface area (Å²) in [6.07, 6.45) is 1.99. The normalized spacial score (nSPS) is 13.8. The zero-order chi connectivity index (χ0) is 38.6. The number of rotatable bonds is 6. The molecule has 0 aromatic heterocycles. The van der Waals surface area contributed by atoms with Gasteiger partial charge in [-0.2, -0.15) is 16.8 Å². The Morgan fingerprint density at radius 2 is 0.836 bits per heavy atom. The van der Waals surface area contributed by atoms with Crippen molar-refractivity contribution in [3.05, 3.63) is 236 Å². The Bertz CT molecular complexity index is 2630. The summed E-state index contributed by atoms with van der Waals surface area (Å²) < 4.78 is 67.6. The van der Waals surface area contributed by atoms with Crippen LogP contribution in [0.15, 0.2) is 191 Å². The molecule has 2 aliphatic rings. The van der Waals surface area contributed by atoms with Gasteiger partial charge in [0.1, 0.15) is 0 Å². The summed E-state index contributed by atoms with van der Waals surface area (Å²) in [6.45, 7) is 1.78. The molecule has 8 rings (SSSR count). The Balaban J connectivity index is 0.000000169. The number of fused-ring (bicyclic) bond motifs is 2. The van der Waals surface area contributed by atoms with E-state index < -0.39 is 20.2 Å². The molecular formula is C47H38O6S2. The number of hydrogen-bond donors (Lipinski definition) is 2. The molecular weight excluding hydrogens is 725 g/mol. The van der Waals surface area contributed by atoms with Crippen molar-refractivity contribution >= 4 is 42.5 Å². The lowest BCUT2D eigenvalue weighted by atomic mass is 9.80. The molecule has 0 aliphatic heterocycles. The van der Waals surface area contributed by atoms with E-state index >= 15 is 0 Å². The van der Waals surface area contributed by atoms with Crippen molar-refractivity contribution in [2.75, 3.05) is 0 Å². The third-order valence-corrected chi connectivity index (χ3v) is 11.8. The van der Waals surface area contributed by atoms with E-state index in [0.29, 0.717) is 5.57 Å². The van der Waals surface area contributed by atoms with Crippen LogP contribution in [-0.4, -0.2) is 25.9 Å². The first-order chi connectivity index (χ1) is 26.5. The van der Waals surface area contributed by atoms with E-state index in [2.05, 4.69) is 0 Å². The smallest absolute Gasteiger partial charge is 0.282 e. The van der Waals surface area contributed by atoms with E-state index in [0.717, 1.165) is 66.8 Å². The van der Waals surface area contributed by atoms with Crippen LogP contribution in [0.2, 0.25) is 0 Å². The summed E-state index contributed by atoms with van der Waals surface area (Å²) in [6, 6.07) is 55.1. The van der Waals surface area contributed by atoms with E-state index in [9.17, 15) is 25.9 Å². The fourth-order valence-electron chi connectivity index (χ4n) is 7.31. The van der Waals surface area contributed by atoms with Crippen molar-refractivity contribution < 1.29 is 25.9 Å². The summed E-state index contributed by atoms with van der Waals surface area (Å²) in [5.41, 5.74) is 11.8. The fourth-order valence-corrected chi connectivity index (χ4v) is 8.74. The van der Waals surface area contributed by atoms with Crippen molar-refractivity contribution in [2.24, 2.45) is 0 Å². The quantitative estimate of drug-likeness (QED) is 0.164. The van der Waals surface area contributed by atoms with Crippen LogP contribution in [-0.2, 0) is 33.1 Å². The molecule has 6 aromatic carbocycles. The van der Waals surface area contributed by atoms with Crippen molar-refractivity contribution in [3.63, 3.8) is 0 Å². The monoisotopic (exact) mass is 762 g/mol. The molecule has 0 heterocycles. The van der Waals surface area contributed by atoms with Gasteiger partial charge in [0, 0.05) is 12.8 Å². The van der Waals surface area contributed by atoms with Crippen molar-refractivity contribution in [3.8, 4) is 0 Å². The summed E-state index contributed by atoms with van der Waals surface area (Å²) in [5.74, 6) is 0. The maximum atomic E-state index is 12.1. The van der Waals surface area contributed by atoms with E-state index in [1.54, 1.807) is 13.0 Å². The average molecular weight is 763 g/mol. The Morgan fingerprint density at radius 1 is 0.455 bits per heavy atom. The van der Waals surface area contributed by atoms with Crippen molar-refractivity contribution in [1.29, 1.82) is 0 Å². The van der Waals surface area contributed by atoms with Crippen molar-refractivity contribution in [1.82, 2.24) is 0 Å². The number of allylic oxidation sites excluding steroid dienone is 6. The van der Waals surface area contributed by atoms with Gasteiger partial charge in [-0.3, -0.25) is 9.11 Å². The molecule has 0 unspecified atom stereocenters. The van der Waals surface area contributed by atoms with Crippen LogP contribution >= 0.6 is 0 Å². The van der Waals surface area contributed by atoms with Gasteiger partial charge in [0.2, 0.25) is 0 Å². The molecule has 0 amide bonds. The molecule has 8 heteroatoms. The predicted octanol–water partition coefficient (Wildman–Crippen LogP) is 10.3. The molecule has 6 aromatic rings. The Kier molecular flexibility index (Phi) is 10.8. The molecule has 0 fully saturated rings. The molecule has 0 saturated heterocycles. The second-order valence-corrected chi connectivity index (χ2v) is 16.2. The maximum absolute atomic E-state index is 12.1. The van der Waals surface area contributed by atoms with Crippen LogP contribution in [0.5, 0.6) is 0 Å². The van der Waals surface area contributed by atoms with Crippen LogP contribution < -0.4 is 0 Å². The SMILES string of the molecule is CC1=C(S(=O)(=O)O)Cc2ccccc2C1=C(c1ccccc1)c1ccccc1.O=S(=O)(O)C1=CC(=C(c2ccccc2)c2ccccc2)c2ccccc2C1. The third-order valence-electron chi connectivity index (χ3n) is 9.82. The van der Waals surface area contributed by atoms with E-state index in [4.69, 9.17) is 0 Å². The third kappa shape index (κ3) is 8.13. The second kappa shape index (κ2) is 15.8. The minimum absolute atomic E-state index is 0.0144.